The second-order valence-corrected chi connectivity index (χ2v) is 11.0. The van der Waals surface area contributed by atoms with Crippen LogP contribution in [0.1, 0.15) is 38.3 Å². The Morgan fingerprint density at radius 1 is 1.14 bits per heavy atom. The molecule has 0 heterocycles. The zero-order valence-corrected chi connectivity index (χ0v) is 22.6. The van der Waals surface area contributed by atoms with Crippen molar-refractivity contribution in [2.24, 2.45) is 0 Å². The van der Waals surface area contributed by atoms with Crippen molar-refractivity contribution in [2.45, 2.75) is 52.7 Å². The summed E-state index contributed by atoms with van der Waals surface area (Å²) in [6, 6.07) is 11.1. The molecule has 0 unspecified atom stereocenters. The van der Waals surface area contributed by atoms with Gasteiger partial charge < -0.3 is 15.0 Å². The van der Waals surface area contributed by atoms with Crippen molar-refractivity contribution < 1.29 is 22.7 Å². The Labute approximate surface area is 213 Å². The van der Waals surface area contributed by atoms with Gasteiger partial charge in [-0.15, -0.1) is 0 Å². The average molecular weight is 524 g/mol. The predicted octanol–water partition coefficient (Wildman–Crippen LogP) is 3.76. The molecular weight excluding hydrogens is 490 g/mol. The molecule has 1 atom stereocenters. The van der Waals surface area contributed by atoms with Crippen LogP contribution in [0.15, 0.2) is 42.5 Å². The van der Waals surface area contributed by atoms with Crippen LogP contribution in [0.2, 0.25) is 5.02 Å². The number of rotatable bonds is 11. The first-order valence-electron chi connectivity index (χ1n) is 11.3. The van der Waals surface area contributed by atoms with Crippen molar-refractivity contribution in [3.8, 4) is 5.75 Å². The molecule has 8 nitrogen and oxygen atoms in total. The van der Waals surface area contributed by atoms with Crippen LogP contribution in [-0.4, -0.2) is 57.1 Å². The number of hydrogen-bond acceptors (Lipinski definition) is 5. The molecule has 2 rings (SSSR count). The molecule has 0 aromatic heterocycles. The minimum atomic E-state index is -3.83. The van der Waals surface area contributed by atoms with E-state index in [9.17, 15) is 18.0 Å². The monoisotopic (exact) mass is 523 g/mol. The van der Waals surface area contributed by atoms with Gasteiger partial charge in [0, 0.05) is 17.6 Å². The average Bonchev–Trinajstić information content (AvgIpc) is 2.77. The van der Waals surface area contributed by atoms with Crippen molar-refractivity contribution in [2.75, 3.05) is 24.2 Å². The number of anilines is 1. The second kappa shape index (κ2) is 12.3. The SMILES string of the molecule is CC[C@H](C(=O)NC(C)C)N(Cc1cccc(OC)c1)C(=O)CN(c1cc(Cl)ccc1C)S(C)(=O)=O. The van der Waals surface area contributed by atoms with E-state index in [-0.39, 0.29) is 18.5 Å². The number of methoxy groups -OCH3 is 1. The van der Waals surface area contributed by atoms with Gasteiger partial charge in [0.2, 0.25) is 21.8 Å². The highest BCUT2D eigenvalue weighted by atomic mass is 35.5. The van der Waals surface area contributed by atoms with E-state index in [0.29, 0.717) is 28.4 Å². The number of hydrogen-bond donors (Lipinski definition) is 1. The number of halogens is 1. The fraction of sp³-hybridized carbons (Fsp3) is 0.440. The minimum Gasteiger partial charge on any atom is -0.497 e. The van der Waals surface area contributed by atoms with Crippen LogP contribution >= 0.6 is 11.6 Å². The standard InChI is InChI=1S/C25H34ClN3O5S/c1-7-22(25(31)27-17(2)3)28(15-19-9-8-10-21(13-19)34-5)24(30)16-29(35(6,32)33)23-14-20(26)12-11-18(23)4/h8-14,17,22H,7,15-16H2,1-6H3,(H,27,31)/t22-/m1/s1. The molecule has 10 heteroatoms. The molecule has 2 aromatic rings. The Kier molecular flexibility index (Phi) is 9.97. The third-order valence-electron chi connectivity index (χ3n) is 5.42. The number of benzene rings is 2. The van der Waals surface area contributed by atoms with E-state index in [1.807, 2.05) is 26.8 Å². The molecule has 0 aliphatic rings. The summed E-state index contributed by atoms with van der Waals surface area (Å²) in [6.07, 6.45) is 1.39. The van der Waals surface area contributed by atoms with E-state index in [1.54, 1.807) is 44.4 Å². The molecule has 0 aliphatic carbocycles. The lowest BCUT2D eigenvalue weighted by atomic mass is 10.1. The number of nitrogens with one attached hydrogen (secondary N) is 1. The molecule has 2 aromatic carbocycles. The predicted molar refractivity (Wildman–Crippen MR) is 139 cm³/mol. The van der Waals surface area contributed by atoms with Gasteiger partial charge >= 0.3 is 0 Å². The molecule has 0 fully saturated rings. The van der Waals surface area contributed by atoms with Crippen LogP contribution in [0.25, 0.3) is 0 Å². The molecule has 0 radical (unpaired) electrons. The number of amides is 2. The van der Waals surface area contributed by atoms with Gasteiger partial charge in [0.15, 0.2) is 0 Å². The van der Waals surface area contributed by atoms with Crippen molar-refractivity contribution in [1.82, 2.24) is 10.2 Å². The second-order valence-electron chi connectivity index (χ2n) is 8.66. The molecule has 0 saturated heterocycles. The Balaban J connectivity index is 2.50. The first-order chi connectivity index (χ1) is 16.4. The summed E-state index contributed by atoms with van der Waals surface area (Å²) in [5.41, 5.74) is 1.71. The van der Waals surface area contributed by atoms with Gasteiger partial charge in [-0.3, -0.25) is 13.9 Å². The maximum Gasteiger partial charge on any atom is 0.244 e. The summed E-state index contributed by atoms with van der Waals surface area (Å²) < 4.78 is 31.8. The molecular formula is C25H34ClN3O5S. The summed E-state index contributed by atoms with van der Waals surface area (Å²) in [7, 11) is -2.29. The van der Waals surface area contributed by atoms with Crippen LogP contribution in [0, 0.1) is 6.92 Å². The molecule has 35 heavy (non-hydrogen) atoms. The normalized spacial score (nSPS) is 12.2. The number of nitrogens with zero attached hydrogens (tertiary/aromatic N) is 2. The summed E-state index contributed by atoms with van der Waals surface area (Å²) in [5.74, 6) is -0.200. The molecule has 192 valence electrons. The highest BCUT2D eigenvalue weighted by molar-refractivity contribution is 7.92. The maximum absolute atomic E-state index is 13.7. The molecule has 0 saturated carbocycles. The number of carbonyl (C=O) groups excluding carboxylic acids is 2. The van der Waals surface area contributed by atoms with Crippen molar-refractivity contribution in [3.63, 3.8) is 0 Å². The molecule has 0 spiro atoms. The smallest absolute Gasteiger partial charge is 0.244 e. The van der Waals surface area contributed by atoms with Gasteiger partial charge in [-0.25, -0.2) is 8.42 Å². The first kappa shape index (κ1) is 28.5. The third kappa shape index (κ3) is 7.86. The third-order valence-corrected chi connectivity index (χ3v) is 6.78. The highest BCUT2D eigenvalue weighted by Gasteiger charge is 2.32. The Morgan fingerprint density at radius 3 is 2.40 bits per heavy atom. The van der Waals surface area contributed by atoms with Crippen LogP contribution in [-0.2, 0) is 26.2 Å². The number of carbonyl (C=O) groups is 2. The zero-order valence-electron chi connectivity index (χ0n) is 21.0. The van der Waals surface area contributed by atoms with E-state index >= 15 is 0 Å². The highest BCUT2D eigenvalue weighted by Crippen LogP contribution is 2.27. The fourth-order valence-corrected chi connectivity index (χ4v) is 4.78. The van der Waals surface area contributed by atoms with E-state index in [1.165, 1.54) is 11.0 Å². The van der Waals surface area contributed by atoms with Crippen molar-refractivity contribution in [3.05, 3.63) is 58.6 Å². The summed E-state index contributed by atoms with van der Waals surface area (Å²) in [4.78, 5) is 28.1. The number of sulfonamides is 1. The van der Waals surface area contributed by atoms with Crippen LogP contribution in [0.3, 0.4) is 0 Å². The zero-order chi connectivity index (χ0) is 26.3. The Morgan fingerprint density at radius 2 is 1.83 bits per heavy atom. The van der Waals surface area contributed by atoms with E-state index < -0.39 is 28.5 Å². The lowest BCUT2D eigenvalue weighted by molar-refractivity contribution is -0.140. The summed E-state index contributed by atoms with van der Waals surface area (Å²) in [6.45, 7) is 6.86. The largest absolute Gasteiger partial charge is 0.497 e. The molecule has 2 amide bonds. The minimum absolute atomic E-state index is 0.103. The van der Waals surface area contributed by atoms with Crippen molar-refractivity contribution in [1.29, 1.82) is 0 Å². The van der Waals surface area contributed by atoms with Gasteiger partial charge in [0.1, 0.15) is 18.3 Å². The number of ether oxygens (including phenoxy) is 1. The summed E-state index contributed by atoms with van der Waals surface area (Å²) in [5, 5.41) is 3.21. The van der Waals surface area contributed by atoms with Crippen LogP contribution in [0.4, 0.5) is 5.69 Å². The van der Waals surface area contributed by atoms with Gasteiger partial charge in [0.25, 0.3) is 0 Å². The lowest BCUT2D eigenvalue weighted by Gasteiger charge is -2.33. The molecule has 0 aliphatic heterocycles. The van der Waals surface area contributed by atoms with E-state index in [4.69, 9.17) is 16.3 Å². The molecule has 0 bridgehead atoms. The van der Waals surface area contributed by atoms with Crippen LogP contribution < -0.4 is 14.4 Å². The van der Waals surface area contributed by atoms with E-state index in [0.717, 1.165) is 16.1 Å². The van der Waals surface area contributed by atoms with Gasteiger partial charge in [-0.2, -0.15) is 0 Å². The van der Waals surface area contributed by atoms with Gasteiger partial charge in [-0.05, 0) is 62.6 Å². The lowest BCUT2D eigenvalue weighted by Crippen LogP contribution is -2.53. The Hall–Kier alpha value is -2.78. The van der Waals surface area contributed by atoms with Crippen molar-refractivity contribution >= 4 is 39.1 Å². The van der Waals surface area contributed by atoms with Crippen LogP contribution in [0.5, 0.6) is 5.75 Å². The fourth-order valence-electron chi connectivity index (χ4n) is 3.71. The van der Waals surface area contributed by atoms with Gasteiger partial charge in [-0.1, -0.05) is 36.7 Å². The summed E-state index contributed by atoms with van der Waals surface area (Å²) >= 11 is 6.13. The quantitative estimate of drug-likeness (QED) is 0.484. The van der Waals surface area contributed by atoms with E-state index in [2.05, 4.69) is 5.32 Å². The Bertz CT molecular complexity index is 1150. The van der Waals surface area contributed by atoms with Gasteiger partial charge in [0.05, 0.1) is 19.1 Å². The topological polar surface area (TPSA) is 96.0 Å². The number of aryl methyl sites for hydroxylation is 1. The maximum atomic E-state index is 13.7. The first-order valence-corrected chi connectivity index (χ1v) is 13.6. The molecule has 1 N–H and O–H groups in total.